The van der Waals surface area contributed by atoms with Crippen LogP contribution in [0.1, 0.15) is 47.1 Å². The molecular weight excluding hydrogens is 364 g/mol. The van der Waals surface area contributed by atoms with Gasteiger partial charge in [-0.1, -0.05) is 30.8 Å². The smallest absolute Gasteiger partial charge is 0.321 e. The number of rotatable bonds is 5. The third kappa shape index (κ3) is 5.56. The Morgan fingerprint density at radius 1 is 1.26 bits per heavy atom. The lowest BCUT2D eigenvalue weighted by Gasteiger charge is -2.20. The zero-order chi connectivity index (χ0) is 20.2. The van der Waals surface area contributed by atoms with Crippen molar-refractivity contribution in [2.24, 2.45) is 0 Å². The Hall–Kier alpha value is -2.35. The van der Waals surface area contributed by atoms with Crippen molar-refractivity contribution >= 4 is 34.6 Å². The van der Waals surface area contributed by atoms with Crippen LogP contribution >= 0.6 is 11.8 Å². The van der Waals surface area contributed by atoms with Gasteiger partial charge in [0, 0.05) is 11.6 Å². The van der Waals surface area contributed by atoms with Crippen molar-refractivity contribution in [1.82, 2.24) is 20.2 Å². The van der Waals surface area contributed by atoms with E-state index in [1.165, 1.54) is 0 Å². The summed E-state index contributed by atoms with van der Waals surface area (Å²) in [5.74, 6) is -0.460. The van der Waals surface area contributed by atoms with Crippen molar-refractivity contribution in [2.75, 3.05) is 5.75 Å². The maximum Gasteiger partial charge on any atom is 0.321 e. The van der Waals surface area contributed by atoms with Gasteiger partial charge in [-0.15, -0.1) is 0 Å². The minimum absolute atomic E-state index is 0.0151. The molecule has 27 heavy (non-hydrogen) atoms. The van der Waals surface area contributed by atoms with Crippen LogP contribution in [0.5, 0.6) is 0 Å². The van der Waals surface area contributed by atoms with E-state index in [4.69, 9.17) is 0 Å². The van der Waals surface area contributed by atoms with Gasteiger partial charge in [0.05, 0.1) is 16.7 Å². The highest BCUT2D eigenvalue weighted by Crippen LogP contribution is 2.22. The molecule has 0 saturated heterocycles. The first kappa shape index (κ1) is 21.0. The van der Waals surface area contributed by atoms with Gasteiger partial charge in [-0.3, -0.25) is 19.5 Å². The second-order valence-electron chi connectivity index (χ2n) is 7.38. The molecule has 1 unspecified atom stereocenters. The van der Waals surface area contributed by atoms with Crippen molar-refractivity contribution in [3.63, 3.8) is 0 Å². The first-order chi connectivity index (χ1) is 12.6. The van der Waals surface area contributed by atoms with Crippen molar-refractivity contribution in [3.8, 4) is 0 Å². The van der Waals surface area contributed by atoms with Crippen LogP contribution in [0.15, 0.2) is 34.2 Å². The summed E-state index contributed by atoms with van der Waals surface area (Å²) in [5, 5.41) is 5.99. The number of thioether (sulfide) groups is 1. The van der Waals surface area contributed by atoms with Gasteiger partial charge < -0.3 is 5.32 Å². The normalized spacial score (nSPS) is 12.6. The minimum Gasteiger partial charge on any atom is -0.333 e. The maximum absolute atomic E-state index is 12.9. The fourth-order valence-electron chi connectivity index (χ4n) is 2.46. The quantitative estimate of drug-likeness (QED) is 0.604. The fourth-order valence-corrected chi connectivity index (χ4v) is 3.36. The van der Waals surface area contributed by atoms with Crippen LogP contribution < -0.4 is 16.2 Å². The van der Waals surface area contributed by atoms with Gasteiger partial charge in [-0.05, 0) is 46.2 Å². The molecule has 2 aromatic rings. The molecule has 7 nitrogen and oxygen atoms in total. The molecule has 0 saturated carbocycles. The molecule has 0 aliphatic heterocycles. The molecule has 0 fully saturated rings. The number of carbonyl (C=O) groups is 2. The number of nitrogens with one attached hydrogen (secondary N) is 2. The molecule has 2 N–H and O–H groups in total. The topological polar surface area (TPSA) is 93.1 Å². The molecule has 8 heteroatoms. The van der Waals surface area contributed by atoms with E-state index in [1.807, 2.05) is 40.7 Å². The van der Waals surface area contributed by atoms with Crippen molar-refractivity contribution in [2.45, 2.75) is 57.8 Å². The lowest BCUT2D eigenvalue weighted by atomic mass is 10.1. The highest BCUT2D eigenvalue weighted by Gasteiger charge is 2.19. The highest BCUT2D eigenvalue weighted by molar-refractivity contribution is 7.99. The average Bonchev–Trinajstić information content (AvgIpc) is 2.57. The van der Waals surface area contributed by atoms with Gasteiger partial charge in [0.15, 0.2) is 5.16 Å². The number of imide groups is 1. The molecule has 0 aliphatic carbocycles. The van der Waals surface area contributed by atoms with E-state index in [9.17, 15) is 14.4 Å². The molecule has 1 aromatic heterocycles. The minimum atomic E-state index is -0.543. The Bertz CT molecular complexity index is 902. The second-order valence-corrected chi connectivity index (χ2v) is 8.33. The number of amides is 3. The van der Waals surface area contributed by atoms with Crippen LogP contribution in [0.4, 0.5) is 4.79 Å². The van der Waals surface area contributed by atoms with Crippen LogP contribution in [0.2, 0.25) is 0 Å². The summed E-state index contributed by atoms with van der Waals surface area (Å²) in [6, 6.07) is 6.56. The lowest BCUT2D eigenvalue weighted by molar-refractivity contribution is -0.117. The van der Waals surface area contributed by atoms with Crippen LogP contribution in [-0.2, 0) is 4.79 Å². The number of nitrogens with zero attached hydrogens (tertiary/aromatic N) is 2. The highest BCUT2D eigenvalue weighted by atomic mass is 32.2. The summed E-state index contributed by atoms with van der Waals surface area (Å²) < 4.78 is 1.62. The number of para-hydroxylation sites is 1. The molecule has 1 heterocycles. The molecular formula is C19H26N4O3S. The van der Waals surface area contributed by atoms with E-state index in [-0.39, 0.29) is 17.4 Å². The van der Waals surface area contributed by atoms with Crippen LogP contribution in [0.3, 0.4) is 0 Å². The van der Waals surface area contributed by atoms with Gasteiger partial charge >= 0.3 is 6.03 Å². The molecule has 0 spiro atoms. The van der Waals surface area contributed by atoms with Crippen molar-refractivity contribution in [1.29, 1.82) is 0 Å². The van der Waals surface area contributed by atoms with E-state index in [0.29, 0.717) is 16.1 Å². The SMILES string of the molecule is CCC(C)n1c(SCC(=O)NC(=O)NC(C)(C)C)nc2ccccc2c1=O. The largest absolute Gasteiger partial charge is 0.333 e. The van der Waals surface area contributed by atoms with Gasteiger partial charge in [-0.2, -0.15) is 0 Å². The Kier molecular flexibility index (Phi) is 6.64. The summed E-state index contributed by atoms with van der Waals surface area (Å²) in [7, 11) is 0. The zero-order valence-corrected chi connectivity index (χ0v) is 17.1. The van der Waals surface area contributed by atoms with Gasteiger partial charge in [0.1, 0.15) is 0 Å². The fraction of sp³-hybridized carbons (Fsp3) is 0.474. The number of hydrogen-bond donors (Lipinski definition) is 2. The Balaban J connectivity index is 2.21. The predicted octanol–water partition coefficient (Wildman–Crippen LogP) is 3.08. The number of hydrogen-bond acceptors (Lipinski definition) is 5. The summed E-state index contributed by atoms with van der Waals surface area (Å²) in [6.45, 7) is 9.42. The lowest BCUT2D eigenvalue weighted by Crippen LogP contribution is -2.48. The van der Waals surface area contributed by atoms with Gasteiger partial charge in [0.25, 0.3) is 5.56 Å². The van der Waals surface area contributed by atoms with E-state index in [2.05, 4.69) is 15.6 Å². The van der Waals surface area contributed by atoms with Crippen molar-refractivity contribution in [3.05, 3.63) is 34.6 Å². The van der Waals surface area contributed by atoms with E-state index in [0.717, 1.165) is 18.2 Å². The van der Waals surface area contributed by atoms with Crippen LogP contribution in [0, 0.1) is 0 Å². The number of urea groups is 1. The summed E-state index contributed by atoms with van der Waals surface area (Å²) >= 11 is 1.15. The Labute approximate surface area is 162 Å². The molecule has 0 radical (unpaired) electrons. The molecule has 1 atom stereocenters. The molecule has 146 valence electrons. The van der Waals surface area contributed by atoms with E-state index >= 15 is 0 Å². The number of aromatic nitrogens is 2. The third-order valence-electron chi connectivity index (χ3n) is 3.88. The second kappa shape index (κ2) is 8.56. The standard InChI is InChI=1S/C19H26N4O3S/c1-6-12(2)23-16(25)13-9-7-8-10-14(13)20-18(23)27-11-15(24)21-17(26)22-19(3,4)5/h7-10,12H,6,11H2,1-5H3,(H2,21,22,24,26). The monoisotopic (exact) mass is 390 g/mol. The van der Waals surface area contributed by atoms with E-state index in [1.54, 1.807) is 22.8 Å². The van der Waals surface area contributed by atoms with E-state index < -0.39 is 17.5 Å². The maximum atomic E-state index is 12.9. The average molecular weight is 391 g/mol. The first-order valence-corrected chi connectivity index (χ1v) is 9.87. The molecule has 2 rings (SSSR count). The Morgan fingerprint density at radius 3 is 2.56 bits per heavy atom. The number of benzene rings is 1. The summed E-state index contributed by atoms with van der Waals surface area (Å²) in [5.41, 5.74) is 0.0350. The van der Waals surface area contributed by atoms with Crippen LogP contribution in [-0.4, -0.2) is 32.8 Å². The summed E-state index contributed by atoms with van der Waals surface area (Å²) in [4.78, 5) is 41.3. The molecule has 3 amide bonds. The zero-order valence-electron chi connectivity index (χ0n) is 16.3. The Morgan fingerprint density at radius 2 is 1.93 bits per heavy atom. The third-order valence-corrected chi connectivity index (χ3v) is 4.83. The summed E-state index contributed by atoms with van der Waals surface area (Å²) in [6.07, 6.45) is 0.758. The van der Waals surface area contributed by atoms with Crippen LogP contribution in [0.25, 0.3) is 10.9 Å². The number of carbonyl (C=O) groups excluding carboxylic acids is 2. The molecule has 0 aliphatic rings. The first-order valence-electron chi connectivity index (χ1n) is 8.88. The predicted molar refractivity (Wildman–Crippen MR) is 108 cm³/mol. The van der Waals surface area contributed by atoms with Gasteiger partial charge in [-0.25, -0.2) is 9.78 Å². The number of fused-ring (bicyclic) bond motifs is 1. The molecule has 1 aromatic carbocycles. The van der Waals surface area contributed by atoms with Gasteiger partial charge in [0.2, 0.25) is 5.91 Å². The molecule has 0 bridgehead atoms. The van der Waals surface area contributed by atoms with Crippen molar-refractivity contribution < 1.29 is 9.59 Å².